The van der Waals surface area contributed by atoms with Crippen molar-refractivity contribution in [1.29, 1.82) is 0 Å². The Morgan fingerprint density at radius 1 is 0.696 bits per heavy atom. The molecule has 4 nitrogen and oxygen atoms in total. The second-order valence-corrected chi connectivity index (χ2v) is 5.33. The van der Waals surface area contributed by atoms with Gasteiger partial charge in [-0.25, -0.2) is 0 Å². The number of hydrogen-bond acceptors (Lipinski definition) is 4. The van der Waals surface area contributed by atoms with Gasteiger partial charge in [0.15, 0.2) is 0 Å². The third-order valence-electron chi connectivity index (χ3n) is 2.99. The molecule has 0 atom stereocenters. The van der Waals surface area contributed by atoms with E-state index in [2.05, 4.69) is 0 Å². The minimum atomic E-state index is -0.494. The molecule has 0 aliphatic heterocycles. The van der Waals surface area contributed by atoms with E-state index in [1.807, 2.05) is 0 Å². The molecule has 0 fully saturated rings. The molecule has 0 amide bonds. The van der Waals surface area contributed by atoms with Gasteiger partial charge in [-0.15, -0.1) is 0 Å². The van der Waals surface area contributed by atoms with E-state index in [-0.39, 0.29) is 0 Å². The Morgan fingerprint density at radius 2 is 1.04 bits per heavy atom. The molecule has 6 heteroatoms. The first-order chi connectivity index (χ1) is 11.1. The maximum atomic E-state index is 10.9. The molecular formula is C17H14Cl2O4. The lowest BCUT2D eigenvalue weighted by Gasteiger charge is -2.08. The number of halogens is 2. The van der Waals surface area contributed by atoms with Crippen LogP contribution in [0.3, 0.4) is 0 Å². The number of rotatable bonds is 8. The fourth-order valence-corrected chi connectivity index (χ4v) is 2.06. The summed E-state index contributed by atoms with van der Waals surface area (Å²) in [5, 5.41) is -0.987. The van der Waals surface area contributed by atoms with Gasteiger partial charge in [0.2, 0.25) is 0 Å². The standard InChI is InChI=1S/C17H14Cl2O4/c18-16(20)12-2-6-14(7-3-12)22-10-1-11-23-15-8-4-13(5-9-15)17(19)21/h2-9H,1,10-11H2. The highest BCUT2D eigenvalue weighted by Crippen LogP contribution is 2.15. The predicted molar refractivity (Wildman–Crippen MR) is 88.9 cm³/mol. The van der Waals surface area contributed by atoms with E-state index in [0.29, 0.717) is 42.3 Å². The Bertz CT molecular complexity index is 606. The average molecular weight is 353 g/mol. The lowest BCUT2D eigenvalue weighted by atomic mass is 10.2. The van der Waals surface area contributed by atoms with Crippen LogP contribution in [-0.4, -0.2) is 23.7 Å². The van der Waals surface area contributed by atoms with Crippen LogP contribution in [0, 0.1) is 0 Å². The number of ether oxygens (including phenoxy) is 2. The second kappa shape index (κ2) is 8.56. The first-order valence-electron chi connectivity index (χ1n) is 6.91. The van der Waals surface area contributed by atoms with Crippen LogP contribution in [0.2, 0.25) is 0 Å². The summed E-state index contributed by atoms with van der Waals surface area (Å²) in [5.74, 6) is 1.33. The lowest BCUT2D eigenvalue weighted by molar-refractivity contribution is 0.107. The van der Waals surface area contributed by atoms with E-state index in [1.54, 1.807) is 48.5 Å². The quantitative estimate of drug-likeness (QED) is 0.525. The summed E-state index contributed by atoms with van der Waals surface area (Å²) in [5.41, 5.74) is 0.863. The summed E-state index contributed by atoms with van der Waals surface area (Å²) >= 11 is 10.7. The molecule has 0 N–H and O–H groups in total. The SMILES string of the molecule is O=C(Cl)c1ccc(OCCCOc2ccc(C(=O)Cl)cc2)cc1. The van der Waals surface area contributed by atoms with Crippen molar-refractivity contribution in [3.63, 3.8) is 0 Å². The van der Waals surface area contributed by atoms with Gasteiger partial charge in [-0.2, -0.15) is 0 Å². The predicted octanol–water partition coefficient (Wildman–Crippen LogP) is 4.29. The molecule has 0 aromatic heterocycles. The monoisotopic (exact) mass is 352 g/mol. The van der Waals surface area contributed by atoms with Crippen LogP contribution in [0.15, 0.2) is 48.5 Å². The first-order valence-corrected chi connectivity index (χ1v) is 7.67. The normalized spacial score (nSPS) is 10.2. The van der Waals surface area contributed by atoms with Gasteiger partial charge >= 0.3 is 0 Å². The summed E-state index contributed by atoms with van der Waals surface area (Å²) < 4.78 is 11.1. The molecule has 23 heavy (non-hydrogen) atoms. The van der Waals surface area contributed by atoms with Crippen LogP contribution >= 0.6 is 23.2 Å². The molecule has 0 saturated heterocycles. The van der Waals surface area contributed by atoms with Crippen molar-refractivity contribution >= 4 is 33.7 Å². The number of hydrogen-bond donors (Lipinski definition) is 0. The fraction of sp³-hybridized carbons (Fsp3) is 0.176. The molecular weight excluding hydrogens is 339 g/mol. The van der Waals surface area contributed by atoms with Gasteiger partial charge in [-0.05, 0) is 71.7 Å². The molecule has 2 aromatic carbocycles. The molecule has 0 bridgehead atoms. The molecule has 2 aromatic rings. The molecule has 0 heterocycles. The van der Waals surface area contributed by atoms with E-state index >= 15 is 0 Å². The highest BCUT2D eigenvalue weighted by atomic mass is 35.5. The zero-order chi connectivity index (χ0) is 16.7. The van der Waals surface area contributed by atoms with Gasteiger partial charge in [-0.3, -0.25) is 9.59 Å². The van der Waals surface area contributed by atoms with E-state index < -0.39 is 10.5 Å². The summed E-state index contributed by atoms with van der Waals surface area (Å²) in [6.45, 7) is 0.957. The molecule has 2 rings (SSSR count). The molecule has 120 valence electrons. The minimum absolute atomic E-state index is 0.432. The number of carbonyl (C=O) groups excluding carboxylic acids is 2. The van der Waals surface area contributed by atoms with Gasteiger partial charge < -0.3 is 9.47 Å². The van der Waals surface area contributed by atoms with Gasteiger partial charge in [0.25, 0.3) is 10.5 Å². The summed E-state index contributed by atoms with van der Waals surface area (Å²) in [6.07, 6.45) is 0.687. The van der Waals surface area contributed by atoms with E-state index in [1.165, 1.54) is 0 Å². The van der Waals surface area contributed by atoms with Crippen LogP contribution in [0.5, 0.6) is 11.5 Å². The van der Waals surface area contributed by atoms with Gasteiger partial charge in [0.05, 0.1) is 13.2 Å². The van der Waals surface area contributed by atoms with Crippen LogP contribution < -0.4 is 9.47 Å². The highest BCUT2D eigenvalue weighted by Gasteiger charge is 2.03. The maximum absolute atomic E-state index is 10.9. The molecule has 0 aliphatic carbocycles. The van der Waals surface area contributed by atoms with Crippen molar-refractivity contribution in [2.24, 2.45) is 0 Å². The van der Waals surface area contributed by atoms with Crippen LogP contribution in [0.4, 0.5) is 0 Å². The third kappa shape index (κ3) is 5.58. The molecule has 0 aliphatic rings. The highest BCUT2D eigenvalue weighted by molar-refractivity contribution is 6.68. The number of benzene rings is 2. The maximum Gasteiger partial charge on any atom is 0.252 e. The Morgan fingerprint density at radius 3 is 1.35 bits per heavy atom. The molecule has 0 radical (unpaired) electrons. The lowest BCUT2D eigenvalue weighted by Crippen LogP contribution is -2.05. The Labute approximate surface area is 143 Å². The van der Waals surface area contributed by atoms with Crippen molar-refractivity contribution in [2.45, 2.75) is 6.42 Å². The van der Waals surface area contributed by atoms with Crippen LogP contribution in [0.25, 0.3) is 0 Å². The van der Waals surface area contributed by atoms with Gasteiger partial charge in [0, 0.05) is 17.5 Å². The first kappa shape index (κ1) is 17.3. The van der Waals surface area contributed by atoms with Crippen molar-refractivity contribution in [2.75, 3.05) is 13.2 Å². The van der Waals surface area contributed by atoms with E-state index in [0.717, 1.165) is 0 Å². The summed E-state index contributed by atoms with van der Waals surface area (Å²) in [6, 6.07) is 13.2. The van der Waals surface area contributed by atoms with Gasteiger partial charge in [0.1, 0.15) is 11.5 Å². The zero-order valence-corrected chi connectivity index (χ0v) is 13.6. The van der Waals surface area contributed by atoms with E-state index in [4.69, 9.17) is 32.7 Å². The Kier molecular flexibility index (Phi) is 6.44. The Balaban J connectivity index is 1.69. The molecule has 0 spiro atoms. The van der Waals surface area contributed by atoms with Crippen molar-refractivity contribution in [1.82, 2.24) is 0 Å². The third-order valence-corrected chi connectivity index (χ3v) is 3.43. The van der Waals surface area contributed by atoms with E-state index in [9.17, 15) is 9.59 Å². The Hall–Kier alpha value is -2.04. The smallest absolute Gasteiger partial charge is 0.252 e. The minimum Gasteiger partial charge on any atom is -0.493 e. The summed E-state index contributed by atoms with van der Waals surface area (Å²) in [4.78, 5) is 21.9. The zero-order valence-electron chi connectivity index (χ0n) is 12.1. The van der Waals surface area contributed by atoms with Crippen molar-refractivity contribution in [3.05, 3.63) is 59.7 Å². The second-order valence-electron chi connectivity index (χ2n) is 4.65. The van der Waals surface area contributed by atoms with Gasteiger partial charge in [-0.1, -0.05) is 0 Å². The molecule has 0 unspecified atom stereocenters. The average Bonchev–Trinajstić information content (AvgIpc) is 2.55. The summed E-state index contributed by atoms with van der Waals surface area (Å²) in [7, 11) is 0. The van der Waals surface area contributed by atoms with Crippen LogP contribution in [-0.2, 0) is 0 Å². The van der Waals surface area contributed by atoms with Crippen LogP contribution in [0.1, 0.15) is 27.1 Å². The van der Waals surface area contributed by atoms with Crippen molar-refractivity contribution < 1.29 is 19.1 Å². The fourth-order valence-electron chi connectivity index (χ4n) is 1.80. The largest absolute Gasteiger partial charge is 0.493 e. The van der Waals surface area contributed by atoms with Crippen molar-refractivity contribution in [3.8, 4) is 11.5 Å². The topological polar surface area (TPSA) is 52.6 Å². The molecule has 0 saturated carbocycles. The number of carbonyl (C=O) groups is 2.